The van der Waals surface area contributed by atoms with Crippen molar-refractivity contribution in [3.63, 3.8) is 0 Å². The lowest BCUT2D eigenvalue weighted by Crippen LogP contribution is -2.42. The molecule has 3 aromatic rings. The molecule has 2 saturated heterocycles. The highest BCUT2D eigenvalue weighted by atomic mass is 35.5. The first-order valence-corrected chi connectivity index (χ1v) is 10.2. The van der Waals surface area contributed by atoms with Crippen LogP contribution in [0.5, 0.6) is 0 Å². The van der Waals surface area contributed by atoms with Gasteiger partial charge in [0, 0.05) is 35.1 Å². The van der Waals surface area contributed by atoms with E-state index in [2.05, 4.69) is 14.5 Å². The number of aromatic nitrogens is 3. The molecule has 1 saturated carbocycles. The van der Waals surface area contributed by atoms with E-state index in [1.54, 1.807) is 6.20 Å². The lowest BCUT2D eigenvalue weighted by atomic mass is 9.79. The average Bonchev–Trinajstić information content (AvgIpc) is 3.30. The van der Waals surface area contributed by atoms with Gasteiger partial charge < -0.3 is 14.6 Å². The van der Waals surface area contributed by atoms with E-state index in [1.807, 2.05) is 19.2 Å². The summed E-state index contributed by atoms with van der Waals surface area (Å²) in [6, 6.07) is 2.05. The molecule has 6 rings (SSSR count). The first kappa shape index (κ1) is 17.1. The number of halogens is 2. The third-order valence-corrected chi connectivity index (χ3v) is 6.83. The molecule has 2 aliphatic heterocycles. The minimum absolute atomic E-state index is 0.0483. The van der Waals surface area contributed by atoms with Gasteiger partial charge in [0.15, 0.2) is 11.0 Å². The molecular formula is C18H16ClFN4O2S. The normalized spacial score (nSPS) is 24.0. The second kappa shape index (κ2) is 5.72. The second-order valence-electron chi connectivity index (χ2n) is 7.15. The summed E-state index contributed by atoms with van der Waals surface area (Å²) in [6.07, 6.45) is 3.45. The maximum atomic E-state index is 14.7. The van der Waals surface area contributed by atoms with Crippen LogP contribution in [0.25, 0.3) is 21.8 Å². The highest BCUT2D eigenvalue weighted by Gasteiger charge is 2.55. The van der Waals surface area contributed by atoms with Gasteiger partial charge in [0.05, 0.1) is 17.6 Å². The molecule has 1 aliphatic carbocycles. The van der Waals surface area contributed by atoms with Crippen LogP contribution in [0.4, 0.5) is 9.18 Å². The number of carboxylic acid groups (broad SMARTS) is 1. The summed E-state index contributed by atoms with van der Waals surface area (Å²) in [5.41, 5.74) is 2.07. The van der Waals surface area contributed by atoms with Crippen molar-refractivity contribution >= 4 is 51.3 Å². The quantitative estimate of drug-likeness (QED) is 0.506. The molecule has 27 heavy (non-hydrogen) atoms. The Hall–Kier alpha value is -2.06. The predicted octanol–water partition coefficient (Wildman–Crippen LogP) is 4.33. The fourth-order valence-electron chi connectivity index (χ4n) is 4.72. The largest absolute Gasteiger partial charge is 0.465 e. The number of fused-ring (bicyclic) bond motifs is 4. The van der Waals surface area contributed by atoms with Gasteiger partial charge in [-0.25, -0.2) is 19.2 Å². The number of rotatable bonds is 2. The average molecular weight is 407 g/mol. The molecule has 3 aliphatic rings. The molecular weight excluding hydrogens is 391 g/mol. The van der Waals surface area contributed by atoms with E-state index >= 15 is 0 Å². The van der Waals surface area contributed by atoms with Crippen LogP contribution in [0, 0.1) is 18.7 Å². The first-order valence-electron chi connectivity index (χ1n) is 8.61. The van der Waals surface area contributed by atoms with Crippen molar-refractivity contribution in [2.75, 3.05) is 12.8 Å². The Bertz CT molecular complexity index is 1130. The van der Waals surface area contributed by atoms with Gasteiger partial charge in [0.25, 0.3) is 0 Å². The zero-order valence-electron chi connectivity index (χ0n) is 14.6. The van der Waals surface area contributed by atoms with E-state index < -0.39 is 11.9 Å². The van der Waals surface area contributed by atoms with Crippen molar-refractivity contribution < 1.29 is 14.3 Å². The van der Waals surface area contributed by atoms with Crippen LogP contribution in [-0.4, -0.2) is 49.5 Å². The summed E-state index contributed by atoms with van der Waals surface area (Å²) in [4.78, 5) is 21.5. The topological polar surface area (TPSA) is 71.2 Å². The van der Waals surface area contributed by atoms with Crippen LogP contribution in [-0.2, 0) is 0 Å². The Morgan fingerprint density at radius 3 is 2.89 bits per heavy atom. The molecule has 3 aromatic heterocycles. The zero-order chi connectivity index (χ0) is 19.0. The zero-order valence-corrected chi connectivity index (χ0v) is 16.2. The van der Waals surface area contributed by atoms with Crippen LogP contribution in [0.3, 0.4) is 0 Å². The number of thioether (sulfide) groups is 1. The first-order chi connectivity index (χ1) is 12.9. The molecule has 6 nitrogen and oxygen atoms in total. The monoisotopic (exact) mass is 406 g/mol. The van der Waals surface area contributed by atoms with Crippen molar-refractivity contribution in [3.8, 4) is 0 Å². The number of hydrogen-bond acceptors (Lipinski definition) is 4. The molecule has 3 atom stereocenters. The number of nitrogens with zero attached hydrogens (tertiary/aromatic N) is 4. The maximum Gasteiger partial charge on any atom is 0.407 e. The minimum Gasteiger partial charge on any atom is -0.465 e. The van der Waals surface area contributed by atoms with Crippen molar-refractivity contribution in [2.24, 2.45) is 5.92 Å². The third-order valence-electron chi connectivity index (χ3n) is 5.87. The van der Waals surface area contributed by atoms with Crippen LogP contribution in [0.2, 0.25) is 5.15 Å². The fraction of sp³-hybridized carbons (Fsp3) is 0.389. The van der Waals surface area contributed by atoms with E-state index in [4.69, 9.17) is 11.6 Å². The molecule has 2 bridgehead atoms. The summed E-state index contributed by atoms with van der Waals surface area (Å²) < 4.78 is 16.8. The van der Waals surface area contributed by atoms with Crippen molar-refractivity contribution in [3.05, 3.63) is 28.9 Å². The smallest absolute Gasteiger partial charge is 0.407 e. The molecule has 0 radical (unpaired) electrons. The second-order valence-corrected chi connectivity index (χ2v) is 8.31. The summed E-state index contributed by atoms with van der Waals surface area (Å²) in [5.74, 6) is -0.355. The van der Waals surface area contributed by atoms with Gasteiger partial charge in [-0.3, -0.25) is 0 Å². The molecule has 140 valence electrons. The minimum atomic E-state index is -0.880. The van der Waals surface area contributed by atoms with Crippen LogP contribution < -0.4 is 0 Å². The number of pyridine rings is 2. The van der Waals surface area contributed by atoms with Crippen molar-refractivity contribution in [2.45, 2.75) is 30.5 Å². The Balaban J connectivity index is 1.82. The third kappa shape index (κ3) is 2.17. The van der Waals surface area contributed by atoms with Gasteiger partial charge in [0.1, 0.15) is 10.5 Å². The Kier molecular flexibility index (Phi) is 3.61. The van der Waals surface area contributed by atoms with Gasteiger partial charge in [0.2, 0.25) is 0 Å². The highest BCUT2D eigenvalue weighted by molar-refractivity contribution is 7.98. The summed E-state index contributed by atoms with van der Waals surface area (Å²) in [7, 11) is 0. The highest BCUT2D eigenvalue weighted by Crippen LogP contribution is 2.52. The lowest BCUT2D eigenvalue weighted by Gasteiger charge is -2.38. The number of aryl methyl sites for hydroxylation is 1. The van der Waals surface area contributed by atoms with Crippen molar-refractivity contribution in [1.29, 1.82) is 0 Å². The Morgan fingerprint density at radius 1 is 1.44 bits per heavy atom. The fourth-order valence-corrected chi connectivity index (χ4v) is 5.42. The van der Waals surface area contributed by atoms with E-state index in [0.29, 0.717) is 11.9 Å². The van der Waals surface area contributed by atoms with Gasteiger partial charge in [-0.15, -0.1) is 11.8 Å². The summed E-state index contributed by atoms with van der Waals surface area (Å²) >= 11 is 7.33. The SMILES string of the molecule is CSc1nc2c(F)c(Cl)ncc2c2c1cc(C)n2[C@H]1C2CC1N(C(=O)O)C2. The number of amides is 1. The van der Waals surface area contributed by atoms with Gasteiger partial charge in [-0.2, -0.15) is 0 Å². The maximum absolute atomic E-state index is 14.7. The molecule has 1 amide bonds. The van der Waals surface area contributed by atoms with Gasteiger partial charge >= 0.3 is 6.09 Å². The number of hydrogen-bond donors (Lipinski definition) is 1. The number of carbonyl (C=O) groups is 1. The Labute approximate surface area is 163 Å². The predicted molar refractivity (Wildman–Crippen MR) is 102 cm³/mol. The molecule has 1 N–H and O–H groups in total. The van der Waals surface area contributed by atoms with E-state index in [-0.39, 0.29) is 28.7 Å². The lowest BCUT2D eigenvalue weighted by molar-refractivity contribution is 0.124. The molecule has 2 unspecified atom stereocenters. The van der Waals surface area contributed by atoms with E-state index in [1.165, 1.54) is 16.7 Å². The molecule has 5 heterocycles. The molecule has 0 spiro atoms. The van der Waals surface area contributed by atoms with Crippen LogP contribution in [0.1, 0.15) is 18.2 Å². The van der Waals surface area contributed by atoms with Gasteiger partial charge in [-0.05, 0) is 25.7 Å². The summed E-state index contributed by atoms with van der Waals surface area (Å²) in [6.45, 7) is 2.54. The van der Waals surface area contributed by atoms with Crippen molar-refractivity contribution in [1.82, 2.24) is 19.4 Å². The van der Waals surface area contributed by atoms with E-state index in [0.717, 1.165) is 28.0 Å². The van der Waals surface area contributed by atoms with Crippen LogP contribution >= 0.6 is 23.4 Å². The molecule has 0 aromatic carbocycles. The van der Waals surface area contributed by atoms with E-state index in [9.17, 15) is 14.3 Å². The Morgan fingerprint density at radius 2 is 2.22 bits per heavy atom. The molecule has 9 heteroatoms. The van der Waals surface area contributed by atoms with Gasteiger partial charge in [-0.1, -0.05) is 11.6 Å². The standard InChI is InChI=1S/C18H16ClFN4O2S/c1-7-3-9-15(24(7)14-8-4-11(14)23(6-8)18(25)26)10-5-21-16(19)12(20)13(10)22-17(9)27-2/h3,5,8,11,14H,4,6H2,1-2H3,(H,25,26)/t8?,11?,14-/m0/s1. The molecule has 3 fully saturated rings. The van der Waals surface area contributed by atoms with Crippen LogP contribution in [0.15, 0.2) is 17.3 Å². The summed E-state index contributed by atoms with van der Waals surface area (Å²) in [5, 5.41) is 11.5.